The van der Waals surface area contributed by atoms with Crippen molar-refractivity contribution in [3.8, 4) is 17.1 Å². The van der Waals surface area contributed by atoms with E-state index in [1.54, 1.807) is 18.2 Å². The summed E-state index contributed by atoms with van der Waals surface area (Å²) >= 11 is 3.37. The molecule has 7 heteroatoms. The van der Waals surface area contributed by atoms with Crippen molar-refractivity contribution in [2.45, 2.75) is 0 Å². The number of tetrazole rings is 1. The highest BCUT2D eigenvalue weighted by Gasteiger charge is 2.14. The summed E-state index contributed by atoms with van der Waals surface area (Å²) in [5, 5.41) is 11.5. The van der Waals surface area contributed by atoms with Crippen LogP contribution in [0, 0.1) is 5.82 Å². The monoisotopic (exact) mass is 333 g/mol. The standard InChI is InChI=1S/C13H9BrFN5/c14-11-5-4-9(15)7-12(11)20-13(17-18-19-20)8-2-1-3-10(16)6-8/h1-7H,16H2. The average molecular weight is 334 g/mol. The predicted molar refractivity (Wildman–Crippen MR) is 76.7 cm³/mol. The molecule has 5 nitrogen and oxygen atoms in total. The smallest absolute Gasteiger partial charge is 0.187 e. The van der Waals surface area contributed by atoms with Crippen LogP contribution >= 0.6 is 15.9 Å². The molecule has 2 N–H and O–H groups in total. The van der Waals surface area contributed by atoms with Gasteiger partial charge in [0, 0.05) is 21.8 Å². The van der Waals surface area contributed by atoms with Crippen molar-refractivity contribution in [1.82, 2.24) is 20.2 Å². The first-order valence-corrected chi connectivity index (χ1v) is 6.54. The summed E-state index contributed by atoms with van der Waals surface area (Å²) in [6.07, 6.45) is 0. The van der Waals surface area contributed by atoms with Gasteiger partial charge in [-0.05, 0) is 50.6 Å². The van der Waals surface area contributed by atoms with E-state index in [1.807, 2.05) is 12.1 Å². The second-order valence-corrected chi connectivity index (χ2v) is 4.99. The molecule has 1 aromatic heterocycles. The van der Waals surface area contributed by atoms with Gasteiger partial charge in [-0.25, -0.2) is 4.39 Å². The number of halogens is 2. The quantitative estimate of drug-likeness (QED) is 0.732. The second kappa shape index (κ2) is 5.01. The predicted octanol–water partition coefficient (Wildman–Crippen LogP) is 2.81. The molecular formula is C13H9BrFN5. The van der Waals surface area contributed by atoms with Gasteiger partial charge in [0.1, 0.15) is 5.82 Å². The van der Waals surface area contributed by atoms with Crippen LogP contribution in [0.5, 0.6) is 0 Å². The summed E-state index contributed by atoms with van der Waals surface area (Å²) in [6.45, 7) is 0. The highest BCUT2D eigenvalue weighted by molar-refractivity contribution is 9.10. The average Bonchev–Trinajstić information content (AvgIpc) is 2.90. The fourth-order valence-corrected chi connectivity index (χ4v) is 2.27. The minimum atomic E-state index is -0.364. The molecule has 3 rings (SSSR count). The first-order valence-electron chi connectivity index (χ1n) is 5.75. The van der Waals surface area contributed by atoms with Crippen LogP contribution in [0.4, 0.5) is 10.1 Å². The Bertz CT molecular complexity index is 771. The van der Waals surface area contributed by atoms with Crippen molar-refractivity contribution in [3.05, 3.63) is 52.8 Å². The zero-order valence-electron chi connectivity index (χ0n) is 10.2. The fourth-order valence-electron chi connectivity index (χ4n) is 1.86. The summed E-state index contributed by atoms with van der Waals surface area (Å²) in [4.78, 5) is 0. The highest BCUT2D eigenvalue weighted by atomic mass is 79.9. The molecule has 0 aliphatic heterocycles. The van der Waals surface area contributed by atoms with E-state index >= 15 is 0 Å². The van der Waals surface area contributed by atoms with Crippen molar-refractivity contribution >= 4 is 21.6 Å². The van der Waals surface area contributed by atoms with Gasteiger partial charge in [-0.2, -0.15) is 4.68 Å². The van der Waals surface area contributed by atoms with E-state index in [1.165, 1.54) is 16.8 Å². The summed E-state index contributed by atoms with van der Waals surface area (Å²) in [7, 11) is 0. The molecule has 100 valence electrons. The maximum atomic E-state index is 13.4. The van der Waals surface area contributed by atoms with Gasteiger partial charge in [-0.1, -0.05) is 12.1 Å². The van der Waals surface area contributed by atoms with Crippen LogP contribution in [0.3, 0.4) is 0 Å². The summed E-state index contributed by atoms with van der Waals surface area (Å²) in [5.41, 5.74) is 7.64. The molecule has 0 bridgehead atoms. The third kappa shape index (κ3) is 2.27. The normalized spacial score (nSPS) is 10.7. The number of hydrogen-bond acceptors (Lipinski definition) is 4. The third-order valence-corrected chi connectivity index (χ3v) is 3.42. The van der Waals surface area contributed by atoms with Crippen LogP contribution in [-0.4, -0.2) is 20.2 Å². The number of aromatic nitrogens is 4. The fraction of sp³-hybridized carbons (Fsp3) is 0. The lowest BCUT2D eigenvalue weighted by Gasteiger charge is -2.07. The zero-order valence-corrected chi connectivity index (χ0v) is 11.7. The Morgan fingerprint density at radius 2 is 2.00 bits per heavy atom. The number of benzene rings is 2. The maximum absolute atomic E-state index is 13.4. The molecule has 1 heterocycles. The molecule has 0 unspecified atom stereocenters. The molecule has 0 spiro atoms. The van der Waals surface area contributed by atoms with E-state index in [4.69, 9.17) is 5.73 Å². The zero-order chi connectivity index (χ0) is 14.1. The van der Waals surface area contributed by atoms with Crippen LogP contribution in [0.2, 0.25) is 0 Å². The summed E-state index contributed by atoms with van der Waals surface area (Å²) in [6, 6.07) is 11.5. The molecule has 0 radical (unpaired) electrons. The van der Waals surface area contributed by atoms with E-state index in [0.717, 1.165) is 5.56 Å². The number of nitrogen functional groups attached to an aromatic ring is 1. The molecule has 0 aliphatic rings. The van der Waals surface area contributed by atoms with E-state index < -0.39 is 0 Å². The largest absolute Gasteiger partial charge is 0.399 e. The van der Waals surface area contributed by atoms with Gasteiger partial charge in [0.05, 0.1) is 5.69 Å². The SMILES string of the molecule is Nc1cccc(-c2nnnn2-c2cc(F)ccc2Br)c1. The number of nitrogens with zero attached hydrogens (tertiary/aromatic N) is 4. The lowest BCUT2D eigenvalue weighted by molar-refractivity contribution is 0.624. The van der Waals surface area contributed by atoms with Crippen LogP contribution in [0.25, 0.3) is 17.1 Å². The Morgan fingerprint density at radius 3 is 2.80 bits per heavy atom. The third-order valence-electron chi connectivity index (χ3n) is 2.75. The van der Waals surface area contributed by atoms with Gasteiger partial charge in [-0.3, -0.25) is 0 Å². The number of hydrogen-bond donors (Lipinski definition) is 1. The Kier molecular flexibility index (Phi) is 3.19. The van der Waals surface area contributed by atoms with Gasteiger partial charge in [-0.15, -0.1) is 5.10 Å². The molecule has 0 saturated carbocycles. The Morgan fingerprint density at radius 1 is 1.15 bits per heavy atom. The van der Waals surface area contributed by atoms with Crippen molar-refractivity contribution < 1.29 is 4.39 Å². The van der Waals surface area contributed by atoms with E-state index in [-0.39, 0.29) is 5.82 Å². The lowest BCUT2D eigenvalue weighted by atomic mass is 10.2. The van der Waals surface area contributed by atoms with Crippen LogP contribution in [-0.2, 0) is 0 Å². The molecule has 3 aromatic rings. The molecule has 0 amide bonds. The molecule has 0 atom stereocenters. The van der Waals surface area contributed by atoms with Crippen molar-refractivity contribution in [3.63, 3.8) is 0 Å². The van der Waals surface area contributed by atoms with Crippen LogP contribution < -0.4 is 5.73 Å². The van der Waals surface area contributed by atoms with Crippen molar-refractivity contribution in [2.24, 2.45) is 0 Å². The molecule has 0 saturated heterocycles. The Hall–Kier alpha value is -2.28. The molecule has 2 aromatic carbocycles. The molecular weight excluding hydrogens is 325 g/mol. The summed E-state index contributed by atoms with van der Waals surface area (Å²) in [5.74, 6) is 0.126. The van der Waals surface area contributed by atoms with Gasteiger partial charge < -0.3 is 5.73 Å². The van der Waals surface area contributed by atoms with E-state index in [9.17, 15) is 4.39 Å². The Labute approximate surface area is 122 Å². The molecule has 20 heavy (non-hydrogen) atoms. The molecule has 0 aliphatic carbocycles. The number of nitrogens with two attached hydrogens (primary N) is 1. The minimum absolute atomic E-state index is 0.364. The number of rotatable bonds is 2. The van der Waals surface area contributed by atoms with Gasteiger partial charge in [0.25, 0.3) is 0 Å². The van der Waals surface area contributed by atoms with Gasteiger partial charge in [0.15, 0.2) is 5.82 Å². The van der Waals surface area contributed by atoms with E-state index in [2.05, 4.69) is 31.5 Å². The van der Waals surface area contributed by atoms with Crippen LogP contribution in [0.15, 0.2) is 46.9 Å². The summed E-state index contributed by atoms with van der Waals surface area (Å²) < 4.78 is 15.6. The first kappa shape index (κ1) is 12.7. The van der Waals surface area contributed by atoms with Crippen molar-refractivity contribution in [1.29, 1.82) is 0 Å². The topological polar surface area (TPSA) is 69.6 Å². The van der Waals surface area contributed by atoms with Gasteiger partial charge in [0.2, 0.25) is 0 Å². The lowest BCUT2D eigenvalue weighted by Crippen LogP contribution is -2.01. The maximum Gasteiger partial charge on any atom is 0.187 e. The van der Waals surface area contributed by atoms with Crippen molar-refractivity contribution in [2.75, 3.05) is 5.73 Å². The van der Waals surface area contributed by atoms with Gasteiger partial charge >= 0.3 is 0 Å². The van der Waals surface area contributed by atoms with Crippen LogP contribution in [0.1, 0.15) is 0 Å². The molecule has 0 fully saturated rings. The second-order valence-electron chi connectivity index (χ2n) is 4.14. The first-order chi connectivity index (χ1) is 9.65. The Balaban J connectivity index is 2.18. The number of anilines is 1. The van der Waals surface area contributed by atoms with E-state index in [0.29, 0.717) is 21.7 Å². The minimum Gasteiger partial charge on any atom is -0.399 e. The highest BCUT2D eigenvalue weighted by Crippen LogP contribution is 2.26.